The van der Waals surface area contributed by atoms with E-state index >= 15 is 0 Å². The Morgan fingerprint density at radius 2 is 1.94 bits per heavy atom. The van der Waals surface area contributed by atoms with Crippen molar-refractivity contribution >= 4 is 52.4 Å². The minimum atomic E-state index is -1.96. The molecule has 5 heterocycles. The van der Waals surface area contributed by atoms with Crippen molar-refractivity contribution in [3.63, 3.8) is 0 Å². The predicted octanol–water partition coefficient (Wildman–Crippen LogP) is 4.02. The van der Waals surface area contributed by atoms with Gasteiger partial charge >= 0.3 is 17.9 Å². The number of nitrogens with one attached hydrogen (secondary N) is 1. The first-order valence-corrected chi connectivity index (χ1v) is 17.6. The van der Waals surface area contributed by atoms with Gasteiger partial charge in [-0.1, -0.05) is 46.6 Å². The number of ether oxygens (including phenoxy) is 2. The lowest BCUT2D eigenvalue weighted by Gasteiger charge is -2.35. The van der Waals surface area contributed by atoms with Crippen LogP contribution in [-0.2, 0) is 47.4 Å². The van der Waals surface area contributed by atoms with Gasteiger partial charge in [0.05, 0.1) is 58.2 Å². The van der Waals surface area contributed by atoms with E-state index in [0.717, 1.165) is 53.6 Å². The van der Waals surface area contributed by atoms with E-state index in [1.54, 1.807) is 17.6 Å². The number of carbonyl (C=O) groups excluding carboxylic acids is 3. The number of hydrogen-bond acceptors (Lipinski definition) is 11. The van der Waals surface area contributed by atoms with Gasteiger partial charge in [-0.05, 0) is 49.8 Å². The Labute approximate surface area is 295 Å². The summed E-state index contributed by atoms with van der Waals surface area (Å²) in [6.45, 7) is 8.26. The molecule has 0 fully saturated rings. The zero-order valence-corrected chi connectivity index (χ0v) is 29.4. The molecule has 14 heteroatoms. The molecule has 0 unspecified atom stereocenters. The summed E-state index contributed by atoms with van der Waals surface area (Å²) in [5.74, 6) is -3.59. The summed E-state index contributed by atoms with van der Waals surface area (Å²) < 4.78 is 13.0. The number of hydrogen-bond donors (Lipinski definition) is 3. The molecule has 3 atom stereocenters. The molecule has 51 heavy (non-hydrogen) atoms. The molecule has 3 aromatic rings. The standard InChI is InChI=1S/C37H44N6O8/c1-5-7-8-14-42-19-39-25-10-9-11-26-30(25)32(42)21-17-43-28(31(21)40-26)16-23-22(34(43)46)18-50-36(49)37(23,6-2)51-29(44)13-12-27(35(47)48)41-33(45)24(38)15-20(3)4/h9-11,16,19-20,24,27H,5-8,12-15,17-18,38H2,1-4H3,(H,41,45)(H,47,48)/t24-,27-,37-/m0/s1. The summed E-state index contributed by atoms with van der Waals surface area (Å²) in [5, 5.41) is 13.1. The highest BCUT2D eigenvalue weighted by atomic mass is 16.6. The van der Waals surface area contributed by atoms with Crippen LogP contribution in [0, 0.1) is 5.92 Å². The smallest absolute Gasteiger partial charge is 0.355 e. The van der Waals surface area contributed by atoms with E-state index in [4.69, 9.17) is 25.2 Å². The maximum atomic E-state index is 14.2. The number of nitrogens with zero attached hydrogens (tertiary/aromatic N) is 4. The molecule has 14 nitrogen and oxygen atoms in total. The fourth-order valence-electron chi connectivity index (χ4n) is 7.22. The fraction of sp³-hybridized carbons (Fsp3) is 0.486. The second-order valence-corrected chi connectivity index (χ2v) is 13.8. The molecule has 2 aromatic heterocycles. The lowest BCUT2D eigenvalue weighted by Crippen LogP contribution is -2.49. The number of nitrogens with two attached hydrogens (primary N) is 1. The van der Waals surface area contributed by atoms with Gasteiger partial charge in [0.2, 0.25) is 11.5 Å². The molecule has 3 aliphatic rings. The predicted molar refractivity (Wildman–Crippen MR) is 190 cm³/mol. The molecule has 3 aliphatic heterocycles. The molecular formula is C37H44N6O8. The summed E-state index contributed by atoms with van der Waals surface area (Å²) in [5.41, 5.74) is 8.39. The Balaban J connectivity index is 1.33. The van der Waals surface area contributed by atoms with E-state index in [2.05, 4.69) is 17.1 Å². The second-order valence-electron chi connectivity index (χ2n) is 13.8. The number of esters is 2. The van der Waals surface area contributed by atoms with E-state index in [1.165, 1.54) is 0 Å². The number of benzene rings is 1. The van der Waals surface area contributed by atoms with Gasteiger partial charge in [0, 0.05) is 24.1 Å². The number of pyridine rings is 2. The van der Waals surface area contributed by atoms with E-state index in [1.807, 2.05) is 38.4 Å². The number of carboxylic acids is 1. The lowest BCUT2D eigenvalue weighted by molar-refractivity contribution is -0.189. The molecule has 6 rings (SSSR count). The van der Waals surface area contributed by atoms with Crippen molar-refractivity contribution in [2.75, 3.05) is 11.4 Å². The number of aliphatic carboxylic acids is 1. The minimum absolute atomic E-state index is 0.0507. The maximum absolute atomic E-state index is 14.2. The Morgan fingerprint density at radius 1 is 1.16 bits per heavy atom. The van der Waals surface area contributed by atoms with Gasteiger partial charge in [-0.25, -0.2) is 19.6 Å². The number of aliphatic imine (C=N–C) groups is 1. The monoisotopic (exact) mass is 700 g/mol. The molecule has 0 bridgehead atoms. The van der Waals surface area contributed by atoms with Crippen LogP contribution in [0.1, 0.15) is 89.3 Å². The van der Waals surface area contributed by atoms with E-state index in [9.17, 15) is 29.1 Å². The normalized spacial score (nSPS) is 18.2. The van der Waals surface area contributed by atoms with E-state index < -0.39 is 47.9 Å². The molecule has 1 aromatic carbocycles. The third-order valence-corrected chi connectivity index (χ3v) is 9.86. The number of carbonyl (C=O) groups is 4. The van der Waals surface area contributed by atoms with E-state index in [-0.39, 0.29) is 48.6 Å². The van der Waals surface area contributed by atoms with Crippen LogP contribution in [0.2, 0.25) is 0 Å². The summed E-state index contributed by atoms with van der Waals surface area (Å²) in [6.07, 6.45) is 4.46. The lowest BCUT2D eigenvalue weighted by atomic mass is 9.85. The molecular weight excluding hydrogens is 656 g/mol. The molecule has 0 saturated carbocycles. The van der Waals surface area contributed by atoms with Crippen molar-refractivity contribution in [1.82, 2.24) is 14.9 Å². The van der Waals surface area contributed by atoms with Gasteiger partial charge in [-0.15, -0.1) is 0 Å². The number of fused-ring (bicyclic) bond motifs is 5. The number of unbranched alkanes of at least 4 members (excludes halogenated alkanes) is 2. The summed E-state index contributed by atoms with van der Waals surface area (Å²) in [7, 11) is 0. The van der Waals surface area contributed by atoms with Crippen LogP contribution >= 0.6 is 0 Å². The molecule has 0 aliphatic carbocycles. The highest BCUT2D eigenvalue weighted by molar-refractivity contribution is 6.11. The summed E-state index contributed by atoms with van der Waals surface area (Å²) >= 11 is 0. The topological polar surface area (TPSA) is 196 Å². The number of anilines is 1. The first kappa shape index (κ1) is 35.7. The number of amides is 1. The Morgan fingerprint density at radius 3 is 2.65 bits per heavy atom. The third kappa shape index (κ3) is 6.48. The van der Waals surface area contributed by atoms with Crippen molar-refractivity contribution < 1.29 is 33.8 Å². The van der Waals surface area contributed by atoms with Crippen molar-refractivity contribution in [3.8, 4) is 11.4 Å². The largest absolute Gasteiger partial charge is 0.480 e. The second kappa shape index (κ2) is 14.3. The zero-order valence-electron chi connectivity index (χ0n) is 29.4. The molecule has 270 valence electrons. The van der Waals surface area contributed by atoms with Crippen molar-refractivity contribution in [2.45, 2.75) is 103 Å². The van der Waals surface area contributed by atoms with Crippen LogP contribution in [0.25, 0.3) is 22.3 Å². The van der Waals surface area contributed by atoms with E-state index in [0.29, 0.717) is 17.8 Å². The molecule has 4 N–H and O–H groups in total. The SMILES string of the molecule is CCCCCN1C=Nc2cccc3nc4c(c1c23)Cn1c-4cc2c(c1=O)COC(=O)[C@@]2(CC)OC(=O)CC[C@H](NC(=O)[C@@H](N)CC(C)C)C(=O)O. The summed E-state index contributed by atoms with van der Waals surface area (Å²) in [6, 6.07) is 5.11. The average Bonchev–Trinajstić information content (AvgIpc) is 3.47. The molecule has 0 saturated heterocycles. The van der Waals surface area contributed by atoms with Crippen LogP contribution in [0.3, 0.4) is 0 Å². The zero-order chi connectivity index (χ0) is 36.6. The number of rotatable bonds is 14. The van der Waals surface area contributed by atoms with Crippen LogP contribution < -0.4 is 21.5 Å². The molecule has 0 spiro atoms. The quantitative estimate of drug-likeness (QED) is 0.127. The number of cyclic esters (lactones) is 1. The van der Waals surface area contributed by atoms with Gasteiger partial charge in [0.25, 0.3) is 5.56 Å². The average molecular weight is 701 g/mol. The first-order valence-electron chi connectivity index (χ1n) is 17.6. The molecule has 1 amide bonds. The third-order valence-electron chi connectivity index (χ3n) is 9.86. The van der Waals surface area contributed by atoms with Crippen LogP contribution in [0.15, 0.2) is 34.1 Å². The van der Waals surface area contributed by atoms with Crippen LogP contribution in [0.4, 0.5) is 11.4 Å². The highest BCUT2D eigenvalue weighted by Crippen LogP contribution is 2.47. The Hall–Kier alpha value is -5.11. The highest BCUT2D eigenvalue weighted by Gasteiger charge is 2.50. The van der Waals surface area contributed by atoms with Gasteiger partial charge in [0.15, 0.2) is 0 Å². The van der Waals surface area contributed by atoms with Crippen molar-refractivity contribution in [1.29, 1.82) is 0 Å². The minimum Gasteiger partial charge on any atom is -0.480 e. The van der Waals surface area contributed by atoms with Gasteiger partial charge < -0.3 is 35.1 Å². The number of aromatic nitrogens is 2. The number of carboxylic acid groups (broad SMARTS) is 1. The van der Waals surface area contributed by atoms with Gasteiger partial charge in [-0.3, -0.25) is 14.4 Å². The Kier molecular flexibility index (Phi) is 9.98. The fourth-order valence-corrected chi connectivity index (χ4v) is 7.22. The van der Waals surface area contributed by atoms with Gasteiger partial charge in [0.1, 0.15) is 12.6 Å². The summed E-state index contributed by atoms with van der Waals surface area (Å²) in [4.78, 5) is 77.4. The molecule has 0 radical (unpaired) electrons. The van der Waals surface area contributed by atoms with Crippen molar-refractivity contribution in [3.05, 3.63) is 51.3 Å². The van der Waals surface area contributed by atoms with Crippen LogP contribution in [0.5, 0.6) is 0 Å². The van der Waals surface area contributed by atoms with Gasteiger partial charge in [-0.2, -0.15) is 0 Å². The first-order chi connectivity index (χ1) is 24.4. The van der Waals surface area contributed by atoms with Crippen molar-refractivity contribution in [2.24, 2.45) is 16.6 Å². The van der Waals surface area contributed by atoms with Crippen LogP contribution in [-0.4, -0.2) is 63.4 Å². The Bertz CT molecular complexity index is 2000. The maximum Gasteiger partial charge on any atom is 0.355 e.